The molecule has 0 unspecified atom stereocenters. The van der Waals surface area contributed by atoms with Crippen LogP contribution < -0.4 is 4.74 Å². The predicted octanol–water partition coefficient (Wildman–Crippen LogP) is 4.62. The van der Waals surface area contributed by atoms with Gasteiger partial charge in [-0.1, -0.05) is 12.1 Å². The van der Waals surface area contributed by atoms with E-state index < -0.39 is 0 Å². The number of benzene rings is 1. The molecule has 30 heavy (non-hydrogen) atoms. The molecule has 0 spiro atoms. The van der Waals surface area contributed by atoms with E-state index in [4.69, 9.17) is 9.15 Å². The Hall–Kier alpha value is -3.30. The van der Waals surface area contributed by atoms with Crippen LogP contribution in [0.1, 0.15) is 22.2 Å². The van der Waals surface area contributed by atoms with Gasteiger partial charge in [-0.05, 0) is 47.2 Å². The molecule has 7 nitrogen and oxygen atoms in total. The quantitative estimate of drug-likeness (QED) is 0.441. The minimum absolute atomic E-state index is 0.0942. The van der Waals surface area contributed by atoms with Crippen molar-refractivity contribution in [2.24, 2.45) is 5.10 Å². The van der Waals surface area contributed by atoms with Crippen LogP contribution in [0.15, 0.2) is 75.2 Å². The molecule has 0 saturated heterocycles. The molecule has 0 N–H and O–H groups in total. The Bertz CT molecular complexity index is 1140. The van der Waals surface area contributed by atoms with E-state index in [9.17, 15) is 4.79 Å². The smallest absolute Gasteiger partial charge is 0.281 e. The lowest BCUT2D eigenvalue weighted by molar-refractivity contribution is -0.135. The van der Waals surface area contributed by atoms with Crippen molar-refractivity contribution in [1.29, 1.82) is 0 Å². The number of hydrogen-bond donors (Lipinski definition) is 0. The van der Waals surface area contributed by atoms with Gasteiger partial charge < -0.3 is 9.15 Å². The van der Waals surface area contributed by atoms with Crippen LogP contribution >= 0.6 is 22.7 Å². The first kappa shape index (κ1) is 18.7. The van der Waals surface area contributed by atoms with Crippen LogP contribution in [0.3, 0.4) is 0 Å². The molecule has 0 radical (unpaired) electrons. The van der Waals surface area contributed by atoms with Gasteiger partial charge in [0.15, 0.2) is 6.61 Å². The highest BCUT2D eigenvalue weighted by Gasteiger charge is 2.34. The van der Waals surface area contributed by atoms with E-state index in [1.165, 1.54) is 6.39 Å². The van der Waals surface area contributed by atoms with E-state index >= 15 is 0 Å². The maximum absolute atomic E-state index is 13.0. The number of amides is 1. The zero-order chi connectivity index (χ0) is 20.3. The zero-order valence-electron chi connectivity index (χ0n) is 15.7. The molecule has 0 aliphatic carbocycles. The SMILES string of the molecule is O=C(COc1ccc(-c2nnco2)cc1)N1N=C(c2cccs2)C[C@@H]1c1cccs1. The highest BCUT2D eigenvalue weighted by Crippen LogP contribution is 2.36. The van der Waals surface area contributed by atoms with Gasteiger partial charge in [-0.2, -0.15) is 5.10 Å². The average molecular weight is 437 g/mol. The normalized spacial score (nSPS) is 15.9. The Kier molecular flexibility index (Phi) is 5.12. The predicted molar refractivity (Wildman–Crippen MR) is 115 cm³/mol. The highest BCUT2D eigenvalue weighted by atomic mass is 32.1. The third-order valence-electron chi connectivity index (χ3n) is 4.67. The summed E-state index contributed by atoms with van der Waals surface area (Å²) in [6, 6.07) is 15.1. The number of aromatic nitrogens is 2. The Morgan fingerprint density at radius 2 is 1.97 bits per heavy atom. The summed E-state index contributed by atoms with van der Waals surface area (Å²) in [5.74, 6) is 0.839. The topological polar surface area (TPSA) is 80.8 Å². The Balaban J connectivity index is 1.30. The van der Waals surface area contributed by atoms with Crippen molar-refractivity contribution >= 4 is 34.3 Å². The van der Waals surface area contributed by atoms with Gasteiger partial charge in [0, 0.05) is 16.9 Å². The van der Waals surface area contributed by atoms with Crippen molar-refractivity contribution in [2.75, 3.05) is 6.61 Å². The summed E-state index contributed by atoms with van der Waals surface area (Å²) >= 11 is 3.26. The Labute approximate surface area is 180 Å². The van der Waals surface area contributed by atoms with Gasteiger partial charge in [-0.15, -0.1) is 32.9 Å². The molecule has 1 atom stereocenters. The highest BCUT2D eigenvalue weighted by molar-refractivity contribution is 7.12. The van der Waals surface area contributed by atoms with Crippen molar-refractivity contribution < 1.29 is 13.9 Å². The van der Waals surface area contributed by atoms with Crippen LogP contribution in [0.4, 0.5) is 0 Å². The second-order valence-corrected chi connectivity index (χ2v) is 8.48. The number of hydrazone groups is 1. The lowest BCUT2D eigenvalue weighted by Crippen LogP contribution is -2.31. The van der Waals surface area contributed by atoms with E-state index in [1.807, 2.05) is 47.2 Å². The van der Waals surface area contributed by atoms with Gasteiger partial charge in [-0.25, -0.2) is 5.01 Å². The van der Waals surface area contributed by atoms with Crippen molar-refractivity contribution in [3.8, 4) is 17.2 Å². The number of carbonyl (C=O) groups excluding carboxylic acids is 1. The number of nitrogens with zero attached hydrogens (tertiary/aromatic N) is 4. The molecule has 5 rings (SSSR count). The summed E-state index contributed by atoms with van der Waals surface area (Å²) in [5.41, 5.74) is 1.72. The molecule has 1 aliphatic rings. The lowest BCUT2D eigenvalue weighted by Gasteiger charge is -2.20. The molecule has 1 amide bonds. The molecule has 0 fully saturated rings. The minimum atomic E-state index is -0.180. The third-order valence-corrected chi connectivity index (χ3v) is 6.56. The fourth-order valence-electron chi connectivity index (χ4n) is 3.24. The standard InChI is InChI=1S/C21H16N4O3S2/c26-20(12-27-15-7-5-14(6-8-15)21-23-22-13-28-21)25-17(19-4-2-10-30-19)11-16(24-25)18-3-1-9-29-18/h1-10,13,17H,11-12H2/t17-/m1/s1. The fourth-order valence-corrected chi connectivity index (χ4v) is 4.77. The number of thiophene rings is 2. The van der Waals surface area contributed by atoms with Gasteiger partial charge >= 0.3 is 0 Å². The van der Waals surface area contributed by atoms with Gasteiger partial charge in [0.1, 0.15) is 5.75 Å². The van der Waals surface area contributed by atoms with Crippen LogP contribution in [0.2, 0.25) is 0 Å². The first-order valence-corrected chi connectivity index (χ1v) is 11.0. The molecule has 0 bridgehead atoms. The lowest BCUT2D eigenvalue weighted by atomic mass is 10.1. The molecule has 0 saturated carbocycles. The summed E-state index contributed by atoms with van der Waals surface area (Å²) in [7, 11) is 0. The largest absolute Gasteiger partial charge is 0.484 e. The number of hydrogen-bond acceptors (Lipinski definition) is 8. The maximum atomic E-state index is 13.0. The maximum Gasteiger partial charge on any atom is 0.281 e. The Morgan fingerprint density at radius 3 is 2.67 bits per heavy atom. The number of ether oxygens (including phenoxy) is 1. The van der Waals surface area contributed by atoms with Gasteiger partial charge in [0.05, 0.1) is 16.6 Å². The second kappa shape index (κ2) is 8.21. The molecule has 3 aromatic heterocycles. The summed E-state index contributed by atoms with van der Waals surface area (Å²) in [4.78, 5) is 15.2. The molecular formula is C21H16N4O3S2. The summed E-state index contributed by atoms with van der Waals surface area (Å²) in [6.45, 7) is -0.0942. The number of rotatable bonds is 6. The molecule has 9 heteroatoms. The molecular weight excluding hydrogens is 420 g/mol. The zero-order valence-corrected chi connectivity index (χ0v) is 17.3. The van der Waals surface area contributed by atoms with Gasteiger partial charge in [0.2, 0.25) is 12.3 Å². The van der Waals surface area contributed by atoms with E-state index in [2.05, 4.69) is 15.3 Å². The monoisotopic (exact) mass is 436 g/mol. The van der Waals surface area contributed by atoms with Crippen LogP contribution in [-0.4, -0.2) is 33.4 Å². The van der Waals surface area contributed by atoms with Crippen molar-refractivity contribution in [1.82, 2.24) is 15.2 Å². The number of carbonyl (C=O) groups is 1. The van der Waals surface area contributed by atoms with Crippen LogP contribution in [-0.2, 0) is 4.79 Å². The molecule has 150 valence electrons. The summed E-state index contributed by atoms with van der Waals surface area (Å²) in [6.07, 6.45) is 1.98. The van der Waals surface area contributed by atoms with Crippen molar-refractivity contribution in [2.45, 2.75) is 12.5 Å². The van der Waals surface area contributed by atoms with Crippen LogP contribution in [0.25, 0.3) is 11.5 Å². The van der Waals surface area contributed by atoms with E-state index in [0.29, 0.717) is 18.1 Å². The first-order valence-electron chi connectivity index (χ1n) is 9.24. The molecule has 4 heterocycles. The first-order chi connectivity index (χ1) is 14.8. The van der Waals surface area contributed by atoms with Crippen LogP contribution in [0, 0.1) is 0 Å². The van der Waals surface area contributed by atoms with E-state index in [0.717, 1.165) is 21.0 Å². The van der Waals surface area contributed by atoms with Gasteiger partial charge in [-0.3, -0.25) is 4.79 Å². The van der Waals surface area contributed by atoms with Crippen molar-refractivity contribution in [3.05, 3.63) is 75.4 Å². The second-order valence-electron chi connectivity index (χ2n) is 6.55. The summed E-state index contributed by atoms with van der Waals surface area (Å²) in [5, 5.41) is 17.8. The fraction of sp³-hybridized carbons (Fsp3) is 0.143. The third kappa shape index (κ3) is 3.77. The van der Waals surface area contributed by atoms with E-state index in [1.54, 1.807) is 39.8 Å². The van der Waals surface area contributed by atoms with Crippen LogP contribution in [0.5, 0.6) is 5.75 Å². The molecule has 1 aliphatic heterocycles. The molecule has 1 aromatic carbocycles. The van der Waals surface area contributed by atoms with E-state index in [-0.39, 0.29) is 18.6 Å². The average Bonchev–Trinajstić information content (AvgIpc) is 3.58. The summed E-state index contributed by atoms with van der Waals surface area (Å²) < 4.78 is 10.9. The van der Waals surface area contributed by atoms with Crippen molar-refractivity contribution in [3.63, 3.8) is 0 Å². The minimum Gasteiger partial charge on any atom is -0.484 e. The Morgan fingerprint density at radius 1 is 1.13 bits per heavy atom. The molecule has 4 aromatic rings. The van der Waals surface area contributed by atoms with Gasteiger partial charge in [0.25, 0.3) is 5.91 Å².